The molecule has 0 unspecified atom stereocenters. The lowest BCUT2D eigenvalue weighted by atomic mass is 10.1. The van der Waals surface area contributed by atoms with E-state index in [1.54, 1.807) is 0 Å². The van der Waals surface area contributed by atoms with E-state index in [0.717, 1.165) is 6.04 Å². The van der Waals surface area contributed by atoms with Crippen LogP contribution in [-0.2, 0) is 0 Å². The normalized spacial score (nSPS) is 21.4. The fourth-order valence-corrected chi connectivity index (χ4v) is 0.751. The molecule has 1 radical (unpaired) electrons. The molecule has 47 valence electrons. The Balaban J connectivity index is 2.16. The second-order valence-corrected chi connectivity index (χ2v) is 3.53. The highest BCUT2D eigenvalue weighted by Gasteiger charge is 2.27. The van der Waals surface area contributed by atoms with E-state index in [0.29, 0.717) is 0 Å². The molecule has 0 bridgehead atoms. The molecule has 1 aliphatic rings. The summed E-state index contributed by atoms with van der Waals surface area (Å²) in [5.74, 6) is 0. The van der Waals surface area contributed by atoms with Gasteiger partial charge in [-0.3, -0.25) is 0 Å². The first-order valence-electron chi connectivity index (χ1n) is 3.30. The highest BCUT2D eigenvalue weighted by molar-refractivity contribution is 4.86. The Bertz CT molecular complexity index is 76.9. The summed E-state index contributed by atoms with van der Waals surface area (Å²) in [6, 6.07) is 0.718. The highest BCUT2D eigenvalue weighted by atomic mass is 15.0. The third kappa shape index (κ3) is 2.31. The van der Waals surface area contributed by atoms with Crippen molar-refractivity contribution in [2.45, 2.75) is 45.2 Å². The van der Waals surface area contributed by atoms with E-state index in [-0.39, 0.29) is 5.54 Å². The number of rotatable bonds is 1. The van der Waals surface area contributed by atoms with E-state index in [1.165, 1.54) is 12.8 Å². The zero-order valence-corrected chi connectivity index (χ0v) is 5.94. The lowest BCUT2D eigenvalue weighted by Gasteiger charge is -2.16. The molecule has 0 spiro atoms. The number of nitrogens with zero attached hydrogens (tertiary/aromatic N) is 1. The molecule has 0 aromatic rings. The van der Waals surface area contributed by atoms with Crippen molar-refractivity contribution in [3.8, 4) is 0 Å². The van der Waals surface area contributed by atoms with Gasteiger partial charge in [0.15, 0.2) is 0 Å². The highest BCUT2D eigenvalue weighted by Crippen LogP contribution is 2.23. The quantitative estimate of drug-likeness (QED) is 0.488. The van der Waals surface area contributed by atoms with Crippen LogP contribution in [0, 0.1) is 0 Å². The molecule has 0 N–H and O–H groups in total. The number of hydrogen-bond donors (Lipinski definition) is 0. The molecule has 1 heteroatoms. The summed E-state index contributed by atoms with van der Waals surface area (Å²) >= 11 is 0. The van der Waals surface area contributed by atoms with Gasteiger partial charge in [-0.25, -0.2) is 5.32 Å². The van der Waals surface area contributed by atoms with Crippen molar-refractivity contribution in [3.05, 3.63) is 0 Å². The van der Waals surface area contributed by atoms with Crippen molar-refractivity contribution < 1.29 is 0 Å². The van der Waals surface area contributed by atoms with Gasteiger partial charge in [-0.05, 0) is 33.6 Å². The van der Waals surface area contributed by atoms with Gasteiger partial charge in [-0.15, -0.1) is 0 Å². The predicted molar refractivity (Wildman–Crippen MR) is 34.9 cm³/mol. The van der Waals surface area contributed by atoms with Crippen LogP contribution in [-0.4, -0.2) is 11.6 Å². The van der Waals surface area contributed by atoms with Gasteiger partial charge in [0.05, 0.1) is 0 Å². The Morgan fingerprint density at radius 3 is 1.88 bits per heavy atom. The Morgan fingerprint density at radius 2 is 1.75 bits per heavy atom. The largest absolute Gasteiger partial charge is 0.233 e. The van der Waals surface area contributed by atoms with E-state index in [2.05, 4.69) is 26.1 Å². The summed E-state index contributed by atoms with van der Waals surface area (Å²) < 4.78 is 0. The fraction of sp³-hybridized carbons (Fsp3) is 1.00. The summed E-state index contributed by atoms with van der Waals surface area (Å²) in [7, 11) is 0. The molecule has 8 heavy (non-hydrogen) atoms. The minimum atomic E-state index is 0.209. The Morgan fingerprint density at radius 1 is 1.25 bits per heavy atom. The van der Waals surface area contributed by atoms with Gasteiger partial charge in [0.1, 0.15) is 0 Å². The third-order valence-electron chi connectivity index (χ3n) is 1.12. The predicted octanol–water partition coefficient (Wildman–Crippen LogP) is 1.55. The lowest BCUT2D eigenvalue weighted by Crippen LogP contribution is -2.30. The molecular formula is C7H14N. The standard InChI is InChI=1S/C7H14N/c1-7(2,3)8-6-4-5-6/h6H,4-5H2,1-3H3. The van der Waals surface area contributed by atoms with Crippen molar-refractivity contribution in [1.29, 1.82) is 0 Å². The van der Waals surface area contributed by atoms with Gasteiger partial charge in [0, 0.05) is 11.6 Å². The number of hydrogen-bond acceptors (Lipinski definition) is 0. The summed E-state index contributed by atoms with van der Waals surface area (Å²) in [6.07, 6.45) is 2.66. The van der Waals surface area contributed by atoms with Crippen LogP contribution in [0.15, 0.2) is 0 Å². The molecule has 0 atom stereocenters. The Hall–Kier alpha value is -0.0400. The molecule has 1 rings (SSSR count). The molecule has 0 heterocycles. The van der Waals surface area contributed by atoms with Crippen LogP contribution in [0.1, 0.15) is 33.6 Å². The van der Waals surface area contributed by atoms with E-state index < -0.39 is 0 Å². The Labute approximate surface area is 51.5 Å². The van der Waals surface area contributed by atoms with Crippen LogP contribution >= 0.6 is 0 Å². The maximum Gasteiger partial charge on any atom is 0.0275 e. The molecule has 1 aliphatic carbocycles. The fourth-order valence-electron chi connectivity index (χ4n) is 0.751. The van der Waals surface area contributed by atoms with Crippen molar-refractivity contribution in [3.63, 3.8) is 0 Å². The van der Waals surface area contributed by atoms with E-state index in [1.807, 2.05) is 0 Å². The molecule has 0 saturated heterocycles. The van der Waals surface area contributed by atoms with Crippen molar-refractivity contribution in [2.75, 3.05) is 0 Å². The van der Waals surface area contributed by atoms with Crippen LogP contribution in [0.4, 0.5) is 0 Å². The molecule has 1 nitrogen and oxygen atoms in total. The first-order valence-corrected chi connectivity index (χ1v) is 3.30. The summed E-state index contributed by atoms with van der Waals surface area (Å²) in [6.45, 7) is 6.47. The Kier molecular flexibility index (Phi) is 1.31. The van der Waals surface area contributed by atoms with Crippen molar-refractivity contribution in [2.24, 2.45) is 0 Å². The average molecular weight is 112 g/mol. The van der Waals surface area contributed by atoms with E-state index in [9.17, 15) is 0 Å². The van der Waals surface area contributed by atoms with Crippen LogP contribution in [0.2, 0.25) is 0 Å². The topological polar surface area (TPSA) is 14.1 Å². The van der Waals surface area contributed by atoms with Crippen LogP contribution in [0.3, 0.4) is 0 Å². The summed E-state index contributed by atoms with van der Waals surface area (Å²) in [5, 5.41) is 4.52. The molecule has 0 aromatic heterocycles. The van der Waals surface area contributed by atoms with Crippen molar-refractivity contribution in [1.82, 2.24) is 5.32 Å². The van der Waals surface area contributed by atoms with Gasteiger partial charge < -0.3 is 0 Å². The van der Waals surface area contributed by atoms with Gasteiger partial charge in [0.25, 0.3) is 0 Å². The summed E-state index contributed by atoms with van der Waals surface area (Å²) in [5.41, 5.74) is 0.209. The molecular weight excluding hydrogens is 98.1 g/mol. The minimum absolute atomic E-state index is 0.209. The summed E-state index contributed by atoms with van der Waals surface area (Å²) in [4.78, 5) is 0. The molecule has 0 amide bonds. The zero-order valence-electron chi connectivity index (χ0n) is 5.94. The zero-order chi connectivity index (χ0) is 6.20. The maximum atomic E-state index is 4.52. The second-order valence-electron chi connectivity index (χ2n) is 3.53. The SMILES string of the molecule is CC(C)(C)[N]C1CC1. The van der Waals surface area contributed by atoms with Gasteiger partial charge in [0.2, 0.25) is 0 Å². The molecule has 1 saturated carbocycles. The second kappa shape index (κ2) is 1.73. The smallest absolute Gasteiger partial charge is 0.0275 e. The van der Waals surface area contributed by atoms with Crippen LogP contribution in [0.25, 0.3) is 0 Å². The van der Waals surface area contributed by atoms with Crippen LogP contribution < -0.4 is 5.32 Å². The van der Waals surface area contributed by atoms with Gasteiger partial charge in [-0.1, -0.05) is 0 Å². The molecule has 0 aliphatic heterocycles. The minimum Gasteiger partial charge on any atom is -0.233 e. The average Bonchev–Trinajstić information content (AvgIpc) is 2.12. The monoisotopic (exact) mass is 112 g/mol. The lowest BCUT2D eigenvalue weighted by molar-refractivity contribution is 0.412. The first-order chi connectivity index (χ1) is 3.58. The van der Waals surface area contributed by atoms with Gasteiger partial charge in [-0.2, -0.15) is 0 Å². The van der Waals surface area contributed by atoms with E-state index >= 15 is 0 Å². The van der Waals surface area contributed by atoms with Crippen LogP contribution in [0.5, 0.6) is 0 Å². The maximum absolute atomic E-state index is 4.52. The van der Waals surface area contributed by atoms with E-state index in [4.69, 9.17) is 0 Å². The molecule has 0 aromatic carbocycles. The molecule has 1 fully saturated rings. The first kappa shape index (κ1) is 6.09. The van der Waals surface area contributed by atoms with Crippen molar-refractivity contribution >= 4 is 0 Å². The third-order valence-corrected chi connectivity index (χ3v) is 1.12. The van der Waals surface area contributed by atoms with Gasteiger partial charge >= 0.3 is 0 Å².